The van der Waals surface area contributed by atoms with Crippen LogP contribution in [0.4, 0.5) is 4.79 Å². The van der Waals surface area contributed by atoms with Gasteiger partial charge in [-0.1, -0.05) is 101 Å². The van der Waals surface area contributed by atoms with Crippen LogP contribution in [-0.2, 0) is 34.0 Å². The Bertz CT molecular complexity index is 1570. The maximum atomic E-state index is 14.0. The number of rotatable bonds is 13. The first-order valence-electron chi connectivity index (χ1n) is 16.4. The highest BCUT2D eigenvalue weighted by molar-refractivity contribution is 5.68. The zero-order valence-corrected chi connectivity index (χ0v) is 27.0. The van der Waals surface area contributed by atoms with Crippen molar-refractivity contribution in [3.63, 3.8) is 0 Å². The Balaban J connectivity index is 1.45. The molecule has 1 saturated carbocycles. The Labute approximate surface area is 284 Å². The summed E-state index contributed by atoms with van der Waals surface area (Å²) < 4.78 is 18.8. The molecule has 3 aromatic rings. The minimum atomic E-state index is -1.46. The average Bonchev–Trinajstić information content (AvgIpc) is 3.13. The van der Waals surface area contributed by atoms with Gasteiger partial charge in [-0.3, -0.25) is 4.90 Å². The largest absolute Gasteiger partial charge is 0.445 e. The molecule has 1 heterocycles. The lowest BCUT2D eigenvalue weighted by Crippen LogP contribution is -2.63. The molecule has 0 spiro atoms. The second-order valence-corrected chi connectivity index (χ2v) is 12.4. The molecule has 1 amide bonds. The van der Waals surface area contributed by atoms with E-state index in [2.05, 4.69) is 20.1 Å². The second-order valence-electron chi connectivity index (χ2n) is 12.4. The number of carbonyl (C=O) groups excluding carboxylic acids is 1. The molecular formula is C35H42N8O6. The summed E-state index contributed by atoms with van der Waals surface area (Å²) in [5.41, 5.74) is 27.6. The van der Waals surface area contributed by atoms with Crippen molar-refractivity contribution in [2.45, 2.75) is 87.6 Å². The van der Waals surface area contributed by atoms with E-state index in [1.54, 1.807) is 4.90 Å². The average molecular weight is 671 g/mol. The minimum absolute atomic E-state index is 0.00379. The molecular weight excluding hydrogens is 628 g/mol. The van der Waals surface area contributed by atoms with Crippen molar-refractivity contribution in [2.24, 2.45) is 21.9 Å². The maximum Gasteiger partial charge on any atom is 0.410 e. The van der Waals surface area contributed by atoms with Crippen molar-refractivity contribution in [3.8, 4) is 0 Å². The quantitative estimate of drug-likeness (QED) is 0.122. The van der Waals surface area contributed by atoms with Crippen LogP contribution in [0.1, 0.15) is 36.0 Å². The highest BCUT2D eigenvalue weighted by Gasteiger charge is 2.51. The summed E-state index contributed by atoms with van der Waals surface area (Å²) in [6.45, 7) is 0.639. The van der Waals surface area contributed by atoms with E-state index < -0.39 is 60.6 Å². The molecule has 4 N–H and O–H groups in total. The van der Waals surface area contributed by atoms with Crippen molar-refractivity contribution in [1.82, 2.24) is 4.90 Å². The van der Waals surface area contributed by atoms with Gasteiger partial charge >= 0.3 is 6.09 Å². The molecule has 0 aromatic heterocycles. The fourth-order valence-electron chi connectivity index (χ4n) is 6.73. The van der Waals surface area contributed by atoms with Gasteiger partial charge in [-0.15, -0.1) is 0 Å². The van der Waals surface area contributed by atoms with Gasteiger partial charge in [0.1, 0.15) is 6.61 Å². The molecule has 0 bridgehead atoms. The van der Waals surface area contributed by atoms with Crippen LogP contribution in [0.15, 0.2) is 101 Å². The predicted molar refractivity (Wildman–Crippen MR) is 180 cm³/mol. The van der Waals surface area contributed by atoms with Crippen LogP contribution in [0.3, 0.4) is 0 Å². The smallest absolute Gasteiger partial charge is 0.410 e. The van der Waals surface area contributed by atoms with Crippen LogP contribution in [0, 0.1) is 5.92 Å². The number of aliphatic hydroxyl groups is 2. The van der Waals surface area contributed by atoms with E-state index in [4.69, 9.17) is 25.5 Å². The van der Waals surface area contributed by atoms with E-state index in [-0.39, 0.29) is 26.2 Å². The van der Waals surface area contributed by atoms with Gasteiger partial charge < -0.3 is 30.2 Å². The van der Waals surface area contributed by atoms with E-state index in [9.17, 15) is 20.5 Å². The molecule has 0 radical (unpaired) electrons. The molecule has 14 nitrogen and oxygen atoms in total. The highest BCUT2D eigenvalue weighted by Crippen LogP contribution is 2.38. The summed E-state index contributed by atoms with van der Waals surface area (Å²) in [5, 5.41) is 29.7. The Morgan fingerprint density at radius 3 is 2.04 bits per heavy atom. The highest BCUT2D eigenvalue weighted by atomic mass is 16.6. The number of benzene rings is 3. The van der Waals surface area contributed by atoms with Crippen LogP contribution in [0.5, 0.6) is 0 Å². The van der Waals surface area contributed by atoms with E-state index in [0.717, 1.165) is 16.7 Å². The Morgan fingerprint density at radius 2 is 1.43 bits per heavy atom. The maximum absolute atomic E-state index is 14.0. The summed E-state index contributed by atoms with van der Waals surface area (Å²) in [6.07, 6.45) is -4.05. The molecule has 1 saturated heterocycles. The number of nitrogens with zero attached hydrogens (tertiary/aromatic N) is 7. The number of hydrogen-bond acceptors (Lipinski definition) is 9. The Hall–Kier alpha value is -4.65. The van der Waals surface area contributed by atoms with Gasteiger partial charge in [0.25, 0.3) is 0 Å². The standard InChI is InChI=1S/C35H42N8O6/c36-26-16-17-30(49-34(26)31-27(39-41-37)18-28(40-42-38)32(44)33(31)45)29(22-47-20-24-12-6-2-7-13-24)43(19-23-10-4-1-5-11-23)35(46)48-21-25-14-8-3-9-15-25/h1-15,26-34,44-45H,16-22,36H2/t26-,27?,28?,29+,30+,31?,32+,33+,34+/m1/s1. The molecule has 2 fully saturated rings. The molecule has 258 valence electrons. The molecule has 14 heteroatoms. The minimum Gasteiger partial charge on any atom is -0.445 e. The Morgan fingerprint density at radius 1 is 0.857 bits per heavy atom. The molecule has 49 heavy (non-hydrogen) atoms. The first-order valence-corrected chi connectivity index (χ1v) is 16.4. The number of ether oxygens (including phenoxy) is 3. The van der Waals surface area contributed by atoms with Crippen molar-refractivity contribution in [3.05, 3.63) is 129 Å². The molecule has 5 rings (SSSR count). The molecule has 3 aromatic carbocycles. The van der Waals surface area contributed by atoms with Crippen LogP contribution >= 0.6 is 0 Å². The van der Waals surface area contributed by atoms with Gasteiger partial charge in [-0.05, 0) is 47.0 Å². The summed E-state index contributed by atoms with van der Waals surface area (Å²) in [6, 6.07) is 25.5. The zero-order valence-electron chi connectivity index (χ0n) is 27.0. The van der Waals surface area contributed by atoms with Gasteiger partial charge in [0.05, 0.1) is 49.7 Å². The summed E-state index contributed by atoms with van der Waals surface area (Å²) in [4.78, 5) is 21.4. The first-order chi connectivity index (χ1) is 23.9. The third-order valence-corrected chi connectivity index (χ3v) is 9.25. The van der Waals surface area contributed by atoms with Gasteiger partial charge in [0, 0.05) is 34.4 Å². The number of hydrogen-bond donors (Lipinski definition) is 3. The fraction of sp³-hybridized carbons (Fsp3) is 0.457. The van der Waals surface area contributed by atoms with Crippen LogP contribution in [0.25, 0.3) is 20.9 Å². The van der Waals surface area contributed by atoms with Gasteiger partial charge in [0.2, 0.25) is 0 Å². The monoisotopic (exact) mass is 670 g/mol. The van der Waals surface area contributed by atoms with Gasteiger partial charge in [0.15, 0.2) is 0 Å². The topological polar surface area (TPSA) is 212 Å². The van der Waals surface area contributed by atoms with E-state index in [0.29, 0.717) is 19.4 Å². The number of aliphatic hydroxyl groups excluding tert-OH is 2. The predicted octanol–water partition coefficient (Wildman–Crippen LogP) is 5.39. The van der Waals surface area contributed by atoms with E-state index >= 15 is 0 Å². The number of azide groups is 2. The lowest BCUT2D eigenvalue weighted by molar-refractivity contribution is -0.170. The zero-order chi connectivity index (χ0) is 34.6. The number of nitrogens with two attached hydrogens (primary N) is 1. The number of amides is 1. The number of carbonyl (C=O) groups is 1. The molecule has 3 unspecified atom stereocenters. The molecule has 1 aliphatic carbocycles. The molecule has 2 aliphatic rings. The normalized spacial score (nSPS) is 27.2. The summed E-state index contributed by atoms with van der Waals surface area (Å²) in [7, 11) is 0. The lowest BCUT2D eigenvalue weighted by Gasteiger charge is -2.49. The lowest BCUT2D eigenvalue weighted by atomic mass is 9.72. The molecule has 1 aliphatic heterocycles. The second kappa shape index (κ2) is 17.7. The van der Waals surface area contributed by atoms with Gasteiger partial charge in [-0.2, -0.15) is 0 Å². The Kier molecular flexibility index (Phi) is 12.8. The van der Waals surface area contributed by atoms with Gasteiger partial charge in [-0.25, -0.2) is 4.79 Å². The van der Waals surface area contributed by atoms with Crippen molar-refractivity contribution in [2.75, 3.05) is 6.61 Å². The van der Waals surface area contributed by atoms with Crippen LogP contribution in [0.2, 0.25) is 0 Å². The third-order valence-electron chi connectivity index (χ3n) is 9.25. The third kappa shape index (κ3) is 9.28. The molecule has 9 atom stereocenters. The van der Waals surface area contributed by atoms with E-state index in [1.165, 1.54) is 0 Å². The van der Waals surface area contributed by atoms with E-state index in [1.807, 2.05) is 91.0 Å². The van der Waals surface area contributed by atoms with Crippen molar-refractivity contribution in [1.29, 1.82) is 0 Å². The van der Waals surface area contributed by atoms with Crippen LogP contribution in [-0.4, -0.2) is 76.4 Å². The fourth-order valence-corrected chi connectivity index (χ4v) is 6.73. The SMILES string of the molecule is [N-]=[N+]=NC1CC(N=[N+]=[N-])[C@H](O)[C@@H](O)C1[C@H]1O[C@H]([C@H](COCc2ccccc2)N(Cc2ccccc2)C(=O)OCc2ccccc2)CC[C@H]1N. The van der Waals surface area contributed by atoms with Crippen LogP contribution < -0.4 is 5.73 Å². The first kappa shape index (κ1) is 35.7. The van der Waals surface area contributed by atoms with Crippen molar-refractivity contribution >= 4 is 6.09 Å². The summed E-state index contributed by atoms with van der Waals surface area (Å²) >= 11 is 0. The van der Waals surface area contributed by atoms with Crippen molar-refractivity contribution < 1.29 is 29.2 Å². The summed E-state index contributed by atoms with van der Waals surface area (Å²) in [5.74, 6) is -0.910.